The predicted molar refractivity (Wildman–Crippen MR) is 109 cm³/mol. The van der Waals surface area contributed by atoms with E-state index in [0.717, 1.165) is 0 Å². The number of nitrogens with zero attached hydrogens (tertiary/aromatic N) is 5. The number of carbonyl (C=O) groups excluding carboxylic acids is 1. The lowest BCUT2D eigenvalue weighted by Gasteiger charge is -2.32. The van der Waals surface area contributed by atoms with E-state index in [2.05, 4.69) is 19.9 Å². The van der Waals surface area contributed by atoms with Crippen molar-refractivity contribution >= 4 is 5.91 Å². The van der Waals surface area contributed by atoms with Crippen molar-refractivity contribution in [2.24, 2.45) is 0 Å². The highest BCUT2D eigenvalue weighted by Crippen LogP contribution is 2.31. The molecule has 1 aliphatic rings. The number of amides is 1. The summed E-state index contributed by atoms with van der Waals surface area (Å²) >= 11 is 0. The quantitative estimate of drug-likeness (QED) is 0.545. The van der Waals surface area contributed by atoms with Crippen LogP contribution in [0, 0.1) is 12.7 Å². The number of ether oxygens (including phenoxy) is 1. The number of likely N-dealkylation sites (tertiary alicyclic amines) is 1. The molecule has 4 rings (SSSR count). The van der Waals surface area contributed by atoms with Gasteiger partial charge in [-0.05, 0) is 44.0 Å². The first-order valence-electron chi connectivity index (χ1n) is 10.2. The average molecular weight is 461 g/mol. The number of alkyl halides is 3. The molecule has 4 heterocycles. The fraction of sp³-hybridized carbons (Fsp3) is 0.318. The summed E-state index contributed by atoms with van der Waals surface area (Å²) in [5.74, 6) is -1.75. The Bertz CT molecular complexity index is 1160. The van der Waals surface area contributed by atoms with Gasteiger partial charge in [-0.2, -0.15) is 13.2 Å². The SMILES string of the molecule is Cc1ccc(-c2ncccn2)c(C(=O)N2CCCC(Oc3ncc(C(F)(F)F)cc3F)C2)n1. The van der Waals surface area contributed by atoms with Gasteiger partial charge in [0.25, 0.3) is 11.8 Å². The summed E-state index contributed by atoms with van der Waals surface area (Å²) < 4.78 is 57.9. The number of pyridine rings is 2. The highest BCUT2D eigenvalue weighted by molar-refractivity contribution is 5.98. The summed E-state index contributed by atoms with van der Waals surface area (Å²) in [7, 11) is 0. The van der Waals surface area contributed by atoms with E-state index in [1.165, 1.54) is 4.90 Å². The zero-order valence-corrected chi connectivity index (χ0v) is 17.5. The fourth-order valence-corrected chi connectivity index (χ4v) is 3.53. The van der Waals surface area contributed by atoms with Gasteiger partial charge in [-0.25, -0.2) is 24.3 Å². The molecule has 0 saturated carbocycles. The van der Waals surface area contributed by atoms with Crippen molar-refractivity contribution in [3.8, 4) is 17.3 Å². The van der Waals surface area contributed by atoms with Crippen LogP contribution in [0.1, 0.15) is 34.6 Å². The number of halogens is 4. The van der Waals surface area contributed by atoms with E-state index >= 15 is 0 Å². The van der Waals surface area contributed by atoms with Crippen molar-refractivity contribution in [2.45, 2.75) is 32.0 Å². The van der Waals surface area contributed by atoms with E-state index in [-0.39, 0.29) is 18.1 Å². The van der Waals surface area contributed by atoms with Crippen LogP contribution in [-0.2, 0) is 6.18 Å². The van der Waals surface area contributed by atoms with Crippen LogP contribution in [0.2, 0.25) is 0 Å². The lowest BCUT2D eigenvalue weighted by atomic mass is 10.1. The van der Waals surface area contributed by atoms with Gasteiger partial charge in [-0.15, -0.1) is 0 Å². The normalized spacial score (nSPS) is 16.5. The second-order valence-corrected chi connectivity index (χ2v) is 7.56. The number of aryl methyl sites for hydroxylation is 1. The highest BCUT2D eigenvalue weighted by atomic mass is 19.4. The highest BCUT2D eigenvalue weighted by Gasteiger charge is 2.33. The molecule has 1 atom stereocenters. The third-order valence-corrected chi connectivity index (χ3v) is 5.12. The van der Waals surface area contributed by atoms with E-state index in [9.17, 15) is 22.4 Å². The molecule has 0 N–H and O–H groups in total. The second kappa shape index (κ2) is 9.08. The molecule has 172 valence electrons. The van der Waals surface area contributed by atoms with Crippen LogP contribution in [0.4, 0.5) is 17.6 Å². The largest absolute Gasteiger partial charge is 0.470 e. The maximum Gasteiger partial charge on any atom is 0.417 e. The Morgan fingerprint density at radius 3 is 2.64 bits per heavy atom. The van der Waals surface area contributed by atoms with Gasteiger partial charge in [-0.1, -0.05) is 0 Å². The predicted octanol–water partition coefficient (Wildman–Crippen LogP) is 4.08. The van der Waals surface area contributed by atoms with Gasteiger partial charge in [0, 0.05) is 30.8 Å². The molecule has 1 fully saturated rings. The third kappa shape index (κ3) is 5.07. The zero-order valence-electron chi connectivity index (χ0n) is 17.5. The van der Waals surface area contributed by atoms with Crippen LogP contribution in [0.5, 0.6) is 5.88 Å². The van der Waals surface area contributed by atoms with Crippen molar-refractivity contribution in [2.75, 3.05) is 13.1 Å². The summed E-state index contributed by atoms with van der Waals surface area (Å²) in [6, 6.07) is 5.48. The average Bonchev–Trinajstić information content (AvgIpc) is 2.80. The van der Waals surface area contributed by atoms with Gasteiger partial charge in [-0.3, -0.25) is 4.79 Å². The molecule has 1 saturated heterocycles. The van der Waals surface area contributed by atoms with Crippen molar-refractivity contribution < 1.29 is 27.1 Å². The first kappa shape index (κ1) is 22.6. The van der Waals surface area contributed by atoms with E-state index in [4.69, 9.17) is 4.74 Å². The van der Waals surface area contributed by atoms with Gasteiger partial charge in [0.15, 0.2) is 11.6 Å². The van der Waals surface area contributed by atoms with E-state index in [1.807, 2.05) is 0 Å². The Morgan fingerprint density at radius 1 is 1.18 bits per heavy atom. The molecule has 11 heteroatoms. The van der Waals surface area contributed by atoms with Crippen LogP contribution in [-0.4, -0.2) is 49.9 Å². The molecule has 0 bridgehead atoms. The van der Waals surface area contributed by atoms with Crippen LogP contribution in [0.15, 0.2) is 42.9 Å². The summed E-state index contributed by atoms with van der Waals surface area (Å²) in [5, 5.41) is 0. The molecule has 7 nitrogen and oxygen atoms in total. The Hall–Kier alpha value is -3.63. The molecule has 3 aromatic heterocycles. The van der Waals surface area contributed by atoms with Gasteiger partial charge in [0.1, 0.15) is 11.8 Å². The molecule has 3 aromatic rings. The van der Waals surface area contributed by atoms with Crippen LogP contribution >= 0.6 is 0 Å². The molecule has 1 aliphatic heterocycles. The standard InChI is InChI=1S/C22H19F4N5O2/c1-13-5-6-16(19-27-7-3-8-28-19)18(30-13)21(32)31-9-2-4-15(12-31)33-20-17(23)10-14(11-29-20)22(24,25)26/h3,5-8,10-11,15H,2,4,9,12H2,1H3. The number of piperidine rings is 1. The van der Waals surface area contributed by atoms with E-state index in [1.54, 1.807) is 37.5 Å². The molecule has 0 spiro atoms. The van der Waals surface area contributed by atoms with Crippen molar-refractivity contribution in [1.29, 1.82) is 0 Å². The third-order valence-electron chi connectivity index (χ3n) is 5.12. The molecule has 0 aliphatic carbocycles. The van der Waals surface area contributed by atoms with Crippen molar-refractivity contribution in [1.82, 2.24) is 24.8 Å². The van der Waals surface area contributed by atoms with Crippen LogP contribution in [0.3, 0.4) is 0 Å². The monoisotopic (exact) mass is 461 g/mol. The topological polar surface area (TPSA) is 81.1 Å². The summed E-state index contributed by atoms with van der Waals surface area (Å²) in [6.07, 6.45) is -0.653. The van der Waals surface area contributed by atoms with Crippen LogP contribution in [0.25, 0.3) is 11.4 Å². The van der Waals surface area contributed by atoms with Crippen molar-refractivity contribution in [3.63, 3.8) is 0 Å². The Kier molecular flexibility index (Phi) is 6.21. The van der Waals surface area contributed by atoms with E-state index < -0.39 is 29.5 Å². The maximum absolute atomic E-state index is 14.1. The summed E-state index contributed by atoms with van der Waals surface area (Å²) in [4.78, 5) is 31.1. The van der Waals surface area contributed by atoms with E-state index in [0.29, 0.717) is 48.7 Å². The lowest BCUT2D eigenvalue weighted by Crippen LogP contribution is -2.45. The Balaban J connectivity index is 1.53. The lowest BCUT2D eigenvalue weighted by molar-refractivity contribution is -0.138. The molecule has 0 aromatic carbocycles. The molecule has 33 heavy (non-hydrogen) atoms. The Morgan fingerprint density at radius 2 is 1.94 bits per heavy atom. The first-order chi connectivity index (χ1) is 15.7. The minimum Gasteiger partial charge on any atom is -0.470 e. The number of hydrogen-bond donors (Lipinski definition) is 0. The number of aromatic nitrogens is 4. The molecular weight excluding hydrogens is 442 g/mol. The van der Waals surface area contributed by atoms with Crippen LogP contribution < -0.4 is 4.74 Å². The number of hydrogen-bond acceptors (Lipinski definition) is 6. The molecular formula is C22H19F4N5O2. The van der Waals surface area contributed by atoms with Gasteiger partial charge < -0.3 is 9.64 Å². The Labute approximate surface area is 186 Å². The number of carbonyl (C=O) groups is 1. The molecule has 1 unspecified atom stereocenters. The number of rotatable bonds is 4. The second-order valence-electron chi connectivity index (χ2n) is 7.56. The summed E-state index contributed by atoms with van der Waals surface area (Å²) in [6.45, 7) is 2.28. The minimum absolute atomic E-state index is 0.103. The smallest absolute Gasteiger partial charge is 0.417 e. The minimum atomic E-state index is -4.71. The van der Waals surface area contributed by atoms with Gasteiger partial charge in [0.2, 0.25) is 0 Å². The van der Waals surface area contributed by atoms with Crippen molar-refractivity contribution in [3.05, 3.63) is 65.6 Å². The van der Waals surface area contributed by atoms with Gasteiger partial charge >= 0.3 is 6.18 Å². The molecule has 0 radical (unpaired) electrons. The molecule has 1 amide bonds. The first-order valence-corrected chi connectivity index (χ1v) is 10.2. The maximum atomic E-state index is 14.1. The summed E-state index contributed by atoms with van der Waals surface area (Å²) in [5.41, 5.74) is 0.0956. The zero-order chi connectivity index (χ0) is 23.6. The van der Waals surface area contributed by atoms with Gasteiger partial charge in [0.05, 0.1) is 17.7 Å². The fourth-order valence-electron chi connectivity index (χ4n) is 3.53.